The number of pyridine rings is 1. The smallest absolute Gasteiger partial charge is 0.250 e. The summed E-state index contributed by atoms with van der Waals surface area (Å²) >= 11 is 1.94. The third-order valence-corrected chi connectivity index (χ3v) is 7.00. The monoisotopic (exact) mass is 446 g/mol. The maximum absolute atomic E-state index is 11.9. The number of hydrogen-bond donors (Lipinski definition) is 1. The van der Waals surface area contributed by atoms with Crippen LogP contribution in [0.4, 0.5) is 0 Å². The van der Waals surface area contributed by atoms with Gasteiger partial charge in [-0.15, -0.1) is 11.8 Å². The Morgan fingerprint density at radius 3 is 2.53 bits per heavy atom. The number of nitrogens with one attached hydrogen (secondary N) is 1. The molecule has 0 amide bonds. The first kappa shape index (κ1) is 22.2. The van der Waals surface area contributed by atoms with Gasteiger partial charge in [-0.05, 0) is 41.7 Å². The molecule has 1 aliphatic rings. The van der Waals surface area contributed by atoms with Crippen molar-refractivity contribution in [2.45, 2.75) is 24.4 Å². The lowest BCUT2D eigenvalue weighted by Gasteiger charge is -2.22. The fraction of sp³-hybridized carbons (Fsp3) is 0.308. The lowest BCUT2D eigenvalue weighted by atomic mass is 10.1. The van der Waals surface area contributed by atoms with E-state index in [-0.39, 0.29) is 5.56 Å². The molecule has 2 aromatic carbocycles. The van der Waals surface area contributed by atoms with Crippen molar-refractivity contribution < 1.29 is 0 Å². The van der Waals surface area contributed by atoms with Gasteiger partial charge >= 0.3 is 0 Å². The van der Waals surface area contributed by atoms with Crippen molar-refractivity contribution >= 4 is 17.7 Å². The van der Waals surface area contributed by atoms with Gasteiger partial charge in [0.05, 0.1) is 6.54 Å². The molecule has 0 radical (unpaired) electrons. The first-order valence-corrected chi connectivity index (χ1v) is 12.1. The lowest BCUT2D eigenvalue weighted by Crippen LogP contribution is -2.39. The quantitative estimate of drug-likeness (QED) is 0.337. The summed E-state index contributed by atoms with van der Waals surface area (Å²) in [5.41, 5.74) is 2.34. The fourth-order valence-corrected chi connectivity index (χ4v) is 5.01. The van der Waals surface area contributed by atoms with Crippen LogP contribution < -0.4 is 10.9 Å². The van der Waals surface area contributed by atoms with Gasteiger partial charge in [-0.3, -0.25) is 9.79 Å². The highest BCUT2D eigenvalue weighted by Gasteiger charge is 2.24. The minimum absolute atomic E-state index is 0.0214. The Bertz CT molecular complexity index is 1080. The summed E-state index contributed by atoms with van der Waals surface area (Å²) < 4.78 is 1.72. The zero-order valence-electron chi connectivity index (χ0n) is 18.5. The summed E-state index contributed by atoms with van der Waals surface area (Å²) in [6, 6.07) is 24.3. The summed E-state index contributed by atoms with van der Waals surface area (Å²) in [6.07, 6.45) is 3.03. The standard InChI is InChI=1S/C26H30N4OS/c1-27-26(30-16-14-23(19-30)20-32-24-7-3-2-4-8-24)28-17-21-10-12-22(13-11-21)18-29-15-6-5-9-25(29)31/h2-13,15,23H,14,16-20H2,1H3,(H,27,28). The molecule has 32 heavy (non-hydrogen) atoms. The zero-order chi connectivity index (χ0) is 22.2. The van der Waals surface area contributed by atoms with Gasteiger partial charge in [0.2, 0.25) is 0 Å². The number of aliphatic imine (C=N–C) groups is 1. The topological polar surface area (TPSA) is 49.6 Å². The highest BCUT2D eigenvalue weighted by Crippen LogP contribution is 2.25. The van der Waals surface area contributed by atoms with E-state index in [1.165, 1.54) is 16.9 Å². The number of nitrogens with zero attached hydrogens (tertiary/aromatic N) is 3. The molecule has 6 heteroatoms. The van der Waals surface area contributed by atoms with Gasteiger partial charge in [0.15, 0.2) is 5.96 Å². The predicted octanol–water partition coefficient (Wildman–Crippen LogP) is 4.09. The molecular formula is C26H30N4OS. The number of hydrogen-bond acceptors (Lipinski definition) is 3. The molecule has 2 heterocycles. The van der Waals surface area contributed by atoms with Crippen LogP contribution in [0.25, 0.3) is 0 Å². The Labute approximate surface area is 194 Å². The average molecular weight is 447 g/mol. The summed E-state index contributed by atoms with van der Waals surface area (Å²) in [4.78, 5) is 20.1. The minimum Gasteiger partial charge on any atom is -0.352 e. The van der Waals surface area contributed by atoms with Crippen molar-refractivity contribution in [3.8, 4) is 0 Å². The van der Waals surface area contributed by atoms with Crippen molar-refractivity contribution in [3.63, 3.8) is 0 Å². The summed E-state index contributed by atoms with van der Waals surface area (Å²) in [5, 5.41) is 3.51. The van der Waals surface area contributed by atoms with Gasteiger partial charge in [0.1, 0.15) is 0 Å². The predicted molar refractivity (Wildman–Crippen MR) is 133 cm³/mol. The lowest BCUT2D eigenvalue weighted by molar-refractivity contribution is 0.474. The van der Waals surface area contributed by atoms with E-state index in [1.807, 2.05) is 31.1 Å². The molecule has 1 fully saturated rings. The molecule has 1 aliphatic heterocycles. The van der Waals surface area contributed by atoms with Crippen molar-refractivity contribution in [2.24, 2.45) is 10.9 Å². The van der Waals surface area contributed by atoms with Crippen LogP contribution in [0, 0.1) is 5.92 Å². The highest BCUT2D eigenvalue weighted by atomic mass is 32.2. The molecule has 0 bridgehead atoms. The Morgan fingerprint density at radius 1 is 1.03 bits per heavy atom. The fourth-order valence-electron chi connectivity index (χ4n) is 3.96. The second kappa shape index (κ2) is 11.0. The van der Waals surface area contributed by atoms with Crippen molar-refractivity contribution in [3.05, 3.63) is 100 Å². The van der Waals surface area contributed by atoms with Gasteiger partial charge in [-0.25, -0.2) is 0 Å². The molecule has 1 N–H and O–H groups in total. The molecule has 166 valence electrons. The van der Waals surface area contributed by atoms with Crippen molar-refractivity contribution in [1.29, 1.82) is 0 Å². The second-order valence-corrected chi connectivity index (χ2v) is 9.20. The molecule has 4 rings (SSSR count). The number of rotatable bonds is 7. The van der Waals surface area contributed by atoms with Crippen LogP contribution in [0.15, 0.2) is 93.7 Å². The number of thioether (sulfide) groups is 1. The molecule has 3 aromatic rings. The van der Waals surface area contributed by atoms with Crippen LogP contribution in [-0.2, 0) is 13.1 Å². The molecule has 1 saturated heterocycles. The number of benzene rings is 2. The second-order valence-electron chi connectivity index (χ2n) is 8.11. The number of aromatic nitrogens is 1. The first-order chi connectivity index (χ1) is 15.7. The van der Waals surface area contributed by atoms with Crippen LogP contribution >= 0.6 is 11.8 Å². The van der Waals surface area contributed by atoms with Gasteiger partial charge < -0.3 is 14.8 Å². The van der Waals surface area contributed by atoms with E-state index in [1.54, 1.807) is 16.7 Å². The van der Waals surface area contributed by atoms with E-state index in [0.717, 1.165) is 36.9 Å². The molecular weight excluding hydrogens is 416 g/mol. The molecule has 0 saturated carbocycles. The van der Waals surface area contributed by atoms with E-state index in [4.69, 9.17) is 0 Å². The summed E-state index contributed by atoms with van der Waals surface area (Å²) in [7, 11) is 1.86. The van der Waals surface area contributed by atoms with E-state index in [9.17, 15) is 4.79 Å². The van der Waals surface area contributed by atoms with Crippen LogP contribution in [0.1, 0.15) is 17.5 Å². The summed E-state index contributed by atoms with van der Waals surface area (Å²) in [5.74, 6) is 2.79. The Hall–Kier alpha value is -2.99. The van der Waals surface area contributed by atoms with Crippen LogP contribution in [0.5, 0.6) is 0 Å². The van der Waals surface area contributed by atoms with Crippen LogP contribution in [0.2, 0.25) is 0 Å². The Balaban J connectivity index is 1.25. The Kier molecular flexibility index (Phi) is 7.67. The van der Waals surface area contributed by atoms with Crippen molar-refractivity contribution in [2.75, 3.05) is 25.9 Å². The molecule has 0 spiro atoms. The van der Waals surface area contributed by atoms with Gasteiger partial charge in [-0.1, -0.05) is 48.5 Å². The number of likely N-dealkylation sites (tertiary alicyclic amines) is 1. The molecule has 1 aromatic heterocycles. The SMILES string of the molecule is CN=C(NCc1ccc(Cn2ccccc2=O)cc1)N1CCC(CSc2ccccc2)C1. The van der Waals surface area contributed by atoms with E-state index >= 15 is 0 Å². The third-order valence-electron chi connectivity index (χ3n) is 5.75. The maximum atomic E-state index is 11.9. The normalized spacial score (nSPS) is 16.3. The first-order valence-electron chi connectivity index (χ1n) is 11.1. The molecule has 1 atom stereocenters. The molecule has 0 aliphatic carbocycles. The van der Waals surface area contributed by atoms with E-state index < -0.39 is 0 Å². The van der Waals surface area contributed by atoms with Gasteiger partial charge in [0.25, 0.3) is 5.56 Å². The maximum Gasteiger partial charge on any atom is 0.250 e. The van der Waals surface area contributed by atoms with E-state index in [0.29, 0.717) is 12.5 Å². The van der Waals surface area contributed by atoms with Crippen LogP contribution in [-0.4, -0.2) is 41.3 Å². The minimum atomic E-state index is 0.0214. The Morgan fingerprint density at radius 2 is 1.78 bits per heavy atom. The van der Waals surface area contributed by atoms with Gasteiger partial charge in [0, 0.05) is 49.6 Å². The number of guanidine groups is 1. The van der Waals surface area contributed by atoms with Crippen molar-refractivity contribution in [1.82, 2.24) is 14.8 Å². The highest BCUT2D eigenvalue weighted by molar-refractivity contribution is 7.99. The molecule has 1 unspecified atom stereocenters. The third kappa shape index (κ3) is 6.04. The largest absolute Gasteiger partial charge is 0.352 e. The van der Waals surface area contributed by atoms with E-state index in [2.05, 4.69) is 69.8 Å². The summed E-state index contributed by atoms with van der Waals surface area (Å²) in [6.45, 7) is 3.41. The average Bonchev–Trinajstić information content (AvgIpc) is 3.30. The van der Waals surface area contributed by atoms with Crippen LogP contribution in [0.3, 0.4) is 0 Å². The van der Waals surface area contributed by atoms with Gasteiger partial charge in [-0.2, -0.15) is 0 Å². The molecule has 5 nitrogen and oxygen atoms in total. The zero-order valence-corrected chi connectivity index (χ0v) is 19.3.